The minimum atomic E-state index is -2.67. The van der Waals surface area contributed by atoms with Gasteiger partial charge in [-0.2, -0.15) is 0 Å². The predicted molar refractivity (Wildman–Crippen MR) is 93.4 cm³/mol. The maximum atomic E-state index is 11.4. The maximum absolute atomic E-state index is 11.4. The van der Waals surface area contributed by atoms with Crippen molar-refractivity contribution in [1.29, 1.82) is 0 Å². The van der Waals surface area contributed by atoms with E-state index >= 15 is 0 Å². The van der Waals surface area contributed by atoms with Gasteiger partial charge < -0.3 is 0 Å². The fourth-order valence-electron chi connectivity index (χ4n) is 2.31. The molecule has 0 heterocycles. The van der Waals surface area contributed by atoms with Gasteiger partial charge in [0.15, 0.2) is 0 Å². The van der Waals surface area contributed by atoms with E-state index in [4.69, 9.17) is 9.47 Å². The summed E-state index contributed by atoms with van der Waals surface area (Å²) in [5.74, 6) is 0.954. The van der Waals surface area contributed by atoms with E-state index in [-0.39, 0.29) is 10.6 Å². The predicted octanol–water partition coefficient (Wildman–Crippen LogP) is 3.73. The molecular weight excluding hydrogens is 401 g/mol. The van der Waals surface area contributed by atoms with Crippen molar-refractivity contribution in [3.05, 3.63) is 58.1 Å². The summed E-state index contributed by atoms with van der Waals surface area (Å²) in [4.78, 5) is 17.5. The van der Waals surface area contributed by atoms with Crippen LogP contribution >= 0.6 is 0 Å². The fraction of sp³-hybridized carbons (Fsp3) is 0.294. The number of ether oxygens (including phenoxy) is 2. The zero-order valence-electron chi connectivity index (χ0n) is 13.8. The van der Waals surface area contributed by atoms with E-state index in [1.54, 1.807) is 6.07 Å². The van der Waals surface area contributed by atoms with Crippen LogP contribution < -0.4 is 13.1 Å². The van der Waals surface area contributed by atoms with Crippen molar-refractivity contribution in [3.8, 4) is 11.5 Å². The van der Waals surface area contributed by atoms with Gasteiger partial charge in [-0.3, -0.25) is 0 Å². The van der Waals surface area contributed by atoms with Crippen LogP contribution in [0.5, 0.6) is 11.5 Å². The number of nitrogens with zero attached hydrogens (tertiary/aromatic N) is 1. The van der Waals surface area contributed by atoms with Crippen LogP contribution in [0.2, 0.25) is 14.8 Å². The average Bonchev–Trinajstić information content (AvgIpc) is 2.52. The Hall–Kier alpha value is -1.76. The molecule has 0 unspecified atom stereocenters. The molecule has 0 aliphatic rings. The summed E-state index contributed by atoms with van der Waals surface area (Å²) in [6.07, 6.45) is 0. The third kappa shape index (κ3) is 4.37. The molecule has 0 N–H and O–H groups in total. The van der Waals surface area contributed by atoms with Crippen LogP contribution in [0, 0.1) is 10.1 Å². The normalized spacial score (nSPS) is 11.1. The van der Waals surface area contributed by atoms with Crippen molar-refractivity contribution in [2.45, 2.75) is 21.4 Å². The Morgan fingerprint density at radius 3 is 2.26 bits per heavy atom. The first kappa shape index (κ1) is 17.6. The van der Waals surface area contributed by atoms with Crippen LogP contribution in [0.4, 0.5) is 5.69 Å². The van der Waals surface area contributed by atoms with Crippen LogP contribution in [0.3, 0.4) is 0 Å². The average molecular weight is 422 g/mol. The number of hydrogen-bond acceptors (Lipinski definition) is 4. The van der Waals surface area contributed by atoms with Gasteiger partial charge in [0.25, 0.3) is 0 Å². The molecule has 0 aromatic heterocycles. The number of benzene rings is 2. The van der Waals surface area contributed by atoms with E-state index in [2.05, 4.69) is 14.8 Å². The van der Waals surface area contributed by atoms with Gasteiger partial charge >= 0.3 is 140 Å². The molecule has 2 aromatic carbocycles. The molecule has 0 fully saturated rings. The summed E-state index contributed by atoms with van der Waals surface area (Å²) >= 11 is -2.67. The van der Waals surface area contributed by atoms with E-state index in [0.29, 0.717) is 18.1 Å². The van der Waals surface area contributed by atoms with E-state index in [1.165, 1.54) is 13.2 Å². The zero-order chi connectivity index (χ0) is 17.0. The second-order valence-electron chi connectivity index (χ2n) is 6.30. The monoisotopic (exact) mass is 423 g/mol. The molecule has 2 rings (SSSR count). The van der Waals surface area contributed by atoms with Crippen LogP contribution in [0.25, 0.3) is 0 Å². The molecular formula is C17H21NO4Sn. The molecule has 0 amide bonds. The molecule has 6 heteroatoms. The number of methoxy groups -OCH3 is 1. The van der Waals surface area contributed by atoms with Crippen molar-refractivity contribution in [1.82, 2.24) is 0 Å². The van der Waals surface area contributed by atoms with E-state index in [1.807, 2.05) is 30.3 Å². The first-order chi connectivity index (χ1) is 10.8. The van der Waals surface area contributed by atoms with Gasteiger partial charge in [-0.25, -0.2) is 0 Å². The molecule has 23 heavy (non-hydrogen) atoms. The van der Waals surface area contributed by atoms with Gasteiger partial charge in [-0.05, 0) is 0 Å². The second kappa shape index (κ2) is 7.21. The van der Waals surface area contributed by atoms with E-state index < -0.39 is 18.4 Å². The number of rotatable bonds is 6. The van der Waals surface area contributed by atoms with Crippen molar-refractivity contribution in [3.63, 3.8) is 0 Å². The molecule has 0 aliphatic carbocycles. The van der Waals surface area contributed by atoms with Gasteiger partial charge in [0, 0.05) is 0 Å². The quantitative estimate of drug-likeness (QED) is 0.405. The summed E-state index contributed by atoms with van der Waals surface area (Å²) in [5.41, 5.74) is 1.17. The van der Waals surface area contributed by atoms with Crippen molar-refractivity contribution in [2.75, 3.05) is 7.11 Å². The summed E-state index contributed by atoms with van der Waals surface area (Å²) < 4.78 is 12.0. The van der Waals surface area contributed by atoms with E-state index in [9.17, 15) is 10.1 Å². The van der Waals surface area contributed by atoms with Crippen molar-refractivity contribution >= 4 is 27.6 Å². The Morgan fingerprint density at radius 2 is 1.74 bits per heavy atom. The Labute approximate surface area is 140 Å². The van der Waals surface area contributed by atoms with Crippen molar-refractivity contribution in [2.24, 2.45) is 0 Å². The minimum absolute atomic E-state index is 0.136. The first-order valence-electron chi connectivity index (χ1n) is 7.36. The van der Waals surface area contributed by atoms with Crippen LogP contribution in [-0.4, -0.2) is 30.4 Å². The molecule has 2 aromatic rings. The second-order valence-corrected chi connectivity index (χ2v) is 20.7. The Balaban J connectivity index is 2.40. The van der Waals surface area contributed by atoms with Gasteiger partial charge in [0.05, 0.1) is 0 Å². The first-order valence-corrected chi connectivity index (χ1v) is 17.4. The van der Waals surface area contributed by atoms with Crippen molar-refractivity contribution < 1.29 is 14.4 Å². The Bertz CT molecular complexity index is 696. The molecule has 0 bridgehead atoms. The standard InChI is InChI=1S/C14H12NO4.3CH3.Sn/c1-18-14-9-12(15(16)17)7-8-13(14)19-10-11-5-3-2-4-6-11;;;;/h2-6,8-9H,10H2,1H3;3*1H3;. The number of nitro groups is 1. The molecule has 0 atom stereocenters. The van der Waals surface area contributed by atoms with Crippen LogP contribution in [-0.2, 0) is 6.61 Å². The number of hydrogen-bond donors (Lipinski definition) is 0. The topological polar surface area (TPSA) is 61.6 Å². The molecule has 122 valence electrons. The Morgan fingerprint density at radius 1 is 1.09 bits per heavy atom. The summed E-state index contributed by atoms with van der Waals surface area (Å²) in [7, 11) is 1.49. The SMILES string of the molecule is COc1cc([N+](=O)[O-])[c]([Sn]([CH3])([CH3])[CH3])cc1OCc1ccccc1. The molecule has 5 nitrogen and oxygen atoms in total. The summed E-state index contributed by atoms with van der Waals surface area (Å²) in [5, 5.41) is 11.4. The van der Waals surface area contributed by atoms with Crippen LogP contribution in [0.15, 0.2) is 42.5 Å². The molecule has 0 spiro atoms. The van der Waals surface area contributed by atoms with Crippen LogP contribution in [0.1, 0.15) is 5.56 Å². The summed E-state index contributed by atoms with van der Waals surface area (Å²) in [6.45, 7) is 0.397. The third-order valence-electron chi connectivity index (χ3n) is 3.52. The van der Waals surface area contributed by atoms with Gasteiger partial charge in [-0.1, -0.05) is 0 Å². The van der Waals surface area contributed by atoms with Gasteiger partial charge in [-0.15, -0.1) is 0 Å². The van der Waals surface area contributed by atoms with Gasteiger partial charge in [0.1, 0.15) is 0 Å². The zero-order valence-corrected chi connectivity index (χ0v) is 16.7. The van der Waals surface area contributed by atoms with E-state index in [0.717, 1.165) is 9.14 Å². The Kier molecular flexibility index (Phi) is 5.51. The molecule has 0 saturated heterocycles. The molecule has 0 aliphatic heterocycles. The third-order valence-corrected chi connectivity index (χ3v) is 9.28. The van der Waals surface area contributed by atoms with Gasteiger partial charge in [0.2, 0.25) is 0 Å². The number of nitro benzene ring substituents is 1. The molecule has 0 radical (unpaired) electrons. The fourth-order valence-corrected chi connectivity index (χ4v) is 6.58. The summed E-state index contributed by atoms with van der Waals surface area (Å²) in [6, 6.07) is 13.1. The molecule has 0 saturated carbocycles.